The van der Waals surface area contributed by atoms with E-state index in [0.29, 0.717) is 22.9 Å². The molecule has 1 aromatic carbocycles. The Kier molecular flexibility index (Phi) is 6.20. The van der Waals surface area contributed by atoms with E-state index in [9.17, 15) is 18.0 Å². The van der Waals surface area contributed by atoms with Crippen LogP contribution in [0.5, 0.6) is 0 Å². The van der Waals surface area contributed by atoms with Crippen LogP contribution >= 0.6 is 23.1 Å². The number of nitrogens with zero attached hydrogens (tertiary/aromatic N) is 3. The monoisotopic (exact) mass is 442 g/mol. The van der Waals surface area contributed by atoms with Gasteiger partial charge in [0.1, 0.15) is 0 Å². The van der Waals surface area contributed by atoms with Crippen LogP contribution in [-0.2, 0) is 24.3 Å². The summed E-state index contributed by atoms with van der Waals surface area (Å²) in [5, 5.41) is 7.74. The van der Waals surface area contributed by atoms with Gasteiger partial charge < -0.3 is 9.64 Å². The highest BCUT2D eigenvalue weighted by Gasteiger charge is 2.24. The third kappa shape index (κ3) is 4.62. The second-order valence-corrected chi connectivity index (χ2v) is 9.82. The van der Waals surface area contributed by atoms with Crippen molar-refractivity contribution in [3.63, 3.8) is 0 Å². The molecule has 0 atom stereocenters. The number of aryl methyl sites for hydroxylation is 1. The van der Waals surface area contributed by atoms with Crippen LogP contribution in [0.3, 0.4) is 0 Å². The average Bonchev–Trinajstić information content (AvgIpc) is 3.28. The van der Waals surface area contributed by atoms with E-state index in [1.807, 2.05) is 0 Å². The second kappa shape index (κ2) is 8.45. The predicted octanol–water partition coefficient (Wildman–Crippen LogP) is 2.04. The van der Waals surface area contributed by atoms with E-state index in [1.165, 1.54) is 19.2 Å². The van der Waals surface area contributed by atoms with Crippen LogP contribution in [0.1, 0.15) is 18.4 Å². The quantitative estimate of drug-likeness (QED) is 0.511. The van der Waals surface area contributed by atoms with Crippen molar-refractivity contribution in [2.24, 2.45) is 0 Å². The Bertz CT molecular complexity index is 1010. The summed E-state index contributed by atoms with van der Waals surface area (Å²) in [5.41, 5.74) is 1.42. The number of carbonyl (C=O) groups is 2. The number of sulfonamides is 1. The summed E-state index contributed by atoms with van der Waals surface area (Å²) in [6, 6.07) is 4.63. The molecule has 150 valence electrons. The van der Waals surface area contributed by atoms with Gasteiger partial charge in [0.25, 0.3) is 10.0 Å². The molecule has 28 heavy (non-hydrogen) atoms. The van der Waals surface area contributed by atoms with Gasteiger partial charge in [-0.05, 0) is 37.1 Å². The van der Waals surface area contributed by atoms with E-state index >= 15 is 0 Å². The first kappa shape index (κ1) is 20.6. The maximum absolute atomic E-state index is 12.6. The van der Waals surface area contributed by atoms with E-state index in [4.69, 9.17) is 0 Å². The van der Waals surface area contributed by atoms with Gasteiger partial charge in [-0.2, -0.15) is 0 Å². The van der Waals surface area contributed by atoms with E-state index in [1.54, 1.807) is 17.9 Å². The van der Waals surface area contributed by atoms with Crippen LogP contribution in [0, 0.1) is 6.92 Å². The highest BCUT2D eigenvalue weighted by molar-refractivity contribution is 8.01. The average molecular weight is 443 g/mol. The van der Waals surface area contributed by atoms with Gasteiger partial charge in [-0.15, -0.1) is 10.2 Å². The molecule has 2 aromatic rings. The number of hydrogen-bond donors (Lipinski definition) is 1. The molecule has 12 heteroatoms. The number of benzene rings is 1. The molecule has 9 nitrogen and oxygen atoms in total. The SMILES string of the molecule is COC(=O)CSc1nnc(NS(=O)(=O)c2ccc(N3CCCC3=O)c(C)c2)s1. The standard InChI is InChI=1S/C16H18N4O5S3/c1-10-8-11(5-6-12(10)20-7-3-4-13(20)21)28(23,24)19-15-17-18-16(27-15)26-9-14(22)25-2/h5-6,8H,3-4,7,9H2,1-2H3,(H,17,19). The van der Waals surface area contributed by atoms with Gasteiger partial charge >= 0.3 is 5.97 Å². The Labute approximate surface area is 170 Å². The number of nitrogens with one attached hydrogen (secondary N) is 1. The molecule has 2 heterocycles. The zero-order valence-electron chi connectivity index (χ0n) is 15.2. The van der Waals surface area contributed by atoms with Gasteiger partial charge in [0.05, 0.1) is 17.8 Å². The molecule has 0 radical (unpaired) electrons. The lowest BCUT2D eigenvalue weighted by molar-refractivity contribution is -0.137. The molecule has 1 amide bonds. The highest BCUT2D eigenvalue weighted by atomic mass is 32.2. The van der Waals surface area contributed by atoms with Crippen molar-refractivity contribution >= 4 is 55.8 Å². The van der Waals surface area contributed by atoms with Crippen molar-refractivity contribution in [3.05, 3.63) is 23.8 Å². The van der Waals surface area contributed by atoms with Gasteiger partial charge in [0.2, 0.25) is 11.0 Å². The molecule has 1 aliphatic rings. The van der Waals surface area contributed by atoms with Crippen molar-refractivity contribution in [1.29, 1.82) is 0 Å². The van der Waals surface area contributed by atoms with Crippen molar-refractivity contribution in [2.75, 3.05) is 29.0 Å². The highest BCUT2D eigenvalue weighted by Crippen LogP contribution is 2.30. The summed E-state index contributed by atoms with van der Waals surface area (Å²) in [7, 11) is -2.57. The van der Waals surface area contributed by atoms with E-state index in [2.05, 4.69) is 19.7 Å². The second-order valence-electron chi connectivity index (χ2n) is 5.94. The molecule has 1 aliphatic heterocycles. The number of anilines is 2. The summed E-state index contributed by atoms with van der Waals surface area (Å²) in [5.74, 6) is -0.301. The van der Waals surface area contributed by atoms with Crippen molar-refractivity contribution < 1.29 is 22.7 Å². The Morgan fingerprint density at radius 1 is 1.39 bits per heavy atom. The fourth-order valence-corrected chi connectivity index (χ4v) is 5.56. The summed E-state index contributed by atoms with van der Waals surface area (Å²) in [6.07, 6.45) is 1.31. The molecular weight excluding hydrogens is 424 g/mol. The molecule has 0 unspecified atom stereocenters. The lowest BCUT2D eigenvalue weighted by Crippen LogP contribution is -2.24. The van der Waals surface area contributed by atoms with Crippen LogP contribution in [0.15, 0.2) is 27.4 Å². The fourth-order valence-electron chi connectivity index (χ4n) is 2.66. The van der Waals surface area contributed by atoms with Crippen LogP contribution in [0.25, 0.3) is 0 Å². The van der Waals surface area contributed by atoms with Crippen LogP contribution in [-0.4, -0.2) is 49.9 Å². The van der Waals surface area contributed by atoms with Gasteiger partial charge in [-0.25, -0.2) is 8.42 Å². The molecule has 1 aromatic heterocycles. The van der Waals surface area contributed by atoms with Gasteiger partial charge in [0, 0.05) is 18.7 Å². The first-order valence-electron chi connectivity index (χ1n) is 8.27. The minimum atomic E-state index is -3.86. The number of methoxy groups -OCH3 is 1. The lowest BCUT2D eigenvalue weighted by Gasteiger charge is -2.19. The van der Waals surface area contributed by atoms with Crippen molar-refractivity contribution in [1.82, 2.24) is 10.2 Å². The molecule has 0 spiro atoms. The van der Waals surface area contributed by atoms with Crippen LogP contribution < -0.4 is 9.62 Å². The summed E-state index contributed by atoms with van der Waals surface area (Å²) in [6.45, 7) is 2.41. The van der Waals surface area contributed by atoms with Crippen LogP contribution in [0.2, 0.25) is 0 Å². The fraction of sp³-hybridized carbons (Fsp3) is 0.375. The van der Waals surface area contributed by atoms with Gasteiger partial charge in [-0.3, -0.25) is 14.3 Å². The zero-order valence-corrected chi connectivity index (χ0v) is 17.6. The van der Waals surface area contributed by atoms with E-state index < -0.39 is 16.0 Å². The Morgan fingerprint density at radius 2 is 2.18 bits per heavy atom. The maximum Gasteiger partial charge on any atom is 0.316 e. The summed E-state index contributed by atoms with van der Waals surface area (Å²) in [4.78, 5) is 24.8. The first-order chi connectivity index (χ1) is 13.3. The molecule has 0 aliphatic carbocycles. The molecule has 0 saturated carbocycles. The minimum Gasteiger partial charge on any atom is -0.468 e. The first-order valence-corrected chi connectivity index (χ1v) is 11.6. The molecule has 1 fully saturated rings. The maximum atomic E-state index is 12.6. The lowest BCUT2D eigenvalue weighted by atomic mass is 10.2. The predicted molar refractivity (Wildman–Crippen MR) is 106 cm³/mol. The smallest absolute Gasteiger partial charge is 0.316 e. The Hall–Kier alpha value is -2.18. The minimum absolute atomic E-state index is 0.0441. The molecule has 3 rings (SSSR count). The molecular formula is C16H18N4O5S3. The van der Waals surface area contributed by atoms with Crippen molar-refractivity contribution in [2.45, 2.75) is 29.0 Å². The third-order valence-corrected chi connectivity index (χ3v) is 7.42. The number of esters is 1. The number of thioether (sulfide) groups is 1. The number of hydrogen-bond acceptors (Lipinski definition) is 9. The normalized spacial score (nSPS) is 14.4. The van der Waals surface area contributed by atoms with E-state index in [0.717, 1.165) is 35.2 Å². The Morgan fingerprint density at radius 3 is 2.82 bits per heavy atom. The third-order valence-electron chi connectivity index (χ3n) is 4.01. The van der Waals surface area contributed by atoms with Crippen molar-refractivity contribution in [3.8, 4) is 0 Å². The molecule has 0 bridgehead atoms. The van der Waals surface area contributed by atoms with Gasteiger partial charge in [0.15, 0.2) is 4.34 Å². The van der Waals surface area contributed by atoms with E-state index in [-0.39, 0.29) is 21.7 Å². The zero-order chi connectivity index (χ0) is 20.3. The Balaban J connectivity index is 1.73. The van der Waals surface area contributed by atoms with Crippen LogP contribution in [0.4, 0.5) is 10.8 Å². The number of aromatic nitrogens is 2. The largest absolute Gasteiger partial charge is 0.468 e. The summed E-state index contributed by atoms with van der Waals surface area (Å²) >= 11 is 2.14. The number of amides is 1. The molecule has 1 saturated heterocycles. The topological polar surface area (TPSA) is 119 Å². The number of carbonyl (C=O) groups excluding carboxylic acids is 2. The number of rotatable bonds is 7. The van der Waals surface area contributed by atoms with Gasteiger partial charge in [-0.1, -0.05) is 23.1 Å². The molecule has 1 N–H and O–H groups in total. The number of ether oxygens (including phenoxy) is 1. The summed E-state index contributed by atoms with van der Waals surface area (Å²) < 4.78 is 32.7.